The van der Waals surface area contributed by atoms with Crippen LogP contribution >= 0.6 is 0 Å². The molecule has 1 aliphatic heterocycles. The molecular formula is C29H34N2O5. The van der Waals surface area contributed by atoms with Crippen LogP contribution in [0.15, 0.2) is 76.4 Å². The number of H-pyrrole nitrogens is 1. The first-order valence-electron chi connectivity index (χ1n) is 12.7. The van der Waals surface area contributed by atoms with E-state index in [0.29, 0.717) is 25.4 Å². The summed E-state index contributed by atoms with van der Waals surface area (Å²) in [6.45, 7) is 7.33. The number of benzene rings is 2. The maximum atomic E-state index is 12.9. The minimum absolute atomic E-state index is 0.0757. The summed E-state index contributed by atoms with van der Waals surface area (Å²) in [5.41, 5.74) is 1.07. The fourth-order valence-corrected chi connectivity index (χ4v) is 5.93. The number of hydrogen-bond acceptors (Lipinski definition) is 5. The molecule has 7 heteroatoms. The second kappa shape index (κ2) is 10.2. The van der Waals surface area contributed by atoms with Gasteiger partial charge in [0.05, 0.1) is 25.9 Å². The number of aromatic nitrogens is 2. The van der Waals surface area contributed by atoms with Gasteiger partial charge in [-0.05, 0) is 36.3 Å². The highest BCUT2D eigenvalue weighted by molar-refractivity contribution is 5.16. The lowest BCUT2D eigenvalue weighted by Crippen LogP contribution is -2.56. The monoisotopic (exact) mass is 490 g/mol. The molecule has 0 radical (unpaired) electrons. The van der Waals surface area contributed by atoms with Gasteiger partial charge in [0.1, 0.15) is 11.8 Å². The van der Waals surface area contributed by atoms with Crippen LogP contribution in [0.4, 0.5) is 0 Å². The Kier molecular flexibility index (Phi) is 6.97. The molecule has 1 saturated heterocycles. The summed E-state index contributed by atoms with van der Waals surface area (Å²) in [5.74, 6) is 0.313. The first-order chi connectivity index (χ1) is 17.4. The Labute approximate surface area is 211 Å². The summed E-state index contributed by atoms with van der Waals surface area (Å²) in [7, 11) is 0. The van der Waals surface area contributed by atoms with Gasteiger partial charge in [-0.3, -0.25) is 14.3 Å². The van der Waals surface area contributed by atoms with E-state index < -0.39 is 17.5 Å². The van der Waals surface area contributed by atoms with E-state index in [1.54, 1.807) is 13.1 Å². The summed E-state index contributed by atoms with van der Waals surface area (Å²) in [5, 5.41) is 0. The smallest absolute Gasteiger partial charge is 0.330 e. The van der Waals surface area contributed by atoms with E-state index in [-0.39, 0.29) is 29.4 Å². The number of aromatic amines is 1. The van der Waals surface area contributed by atoms with Crippen molar-refractivity contribution in [2.75, 3.05) is 6.61 Å². The molecule has 3 aromatic rings. The van der Waals surface area contributed by atoms with Crippen molar-refractivity contribution in [2.45, 2.75) is 58.3 Å². The van der Waals surface area contributed by atoms with Crippen LogP contribution in [0.2, 0.25) is 0 Å². The first-order valence-corrected chi connectivity index (χ1v) is 12.7. The van der Waals surface area contributed by atoms with Gasteiger partial charge < -0.3 is 14.2 Å². The summed E-state index contributed by atoms with van der Waals surface area (Å²) in [4.78, 5) is 27.4. The third-order valence-corrected chi connectivity index (χ3v) is 7.85. The molecule has 2 aromatic carbocycles. The number of nitrogens with one attached hydrogen (secondary N) is 1. The van der Waals surface area contributed by atoms with Gasteiger partial charge in [-0.25, -0.2) is 4.79 Å². The molecule has 1 aromatic heterocycles. The van der Waals surface area contributed by atoms with Crippen molar-refractivity contribution >= 4 is 0 Å². The lowest BCUT2D eigenvalue weighted by atomic mass is 9.66. The van der Waals surface area contributed by atoms with Gasteiger partial charge >= 0.3 is 5.69 Å². The zero-order valence-electron chi connectivity index (χ0n) is 21.1. The Morgan fingerprint density at radius 1 is 1.00 bits per heavy atom. The second-order valence-electron chi connectivity index (χ2n) is 10.3. The highest BCUT2D eigenvalue weighted by Crippen LogP contribution is 2.56. The van der Waals surface area contributed by atoms with Gasteiger partial charge in [0.25, 0.3) is 5.56 Å². The average molecular weight is 491 g/mol. The minimum atomic E-state index is -0.727. The highest BCUT2D eigenvalue weighted by atomic mass is 16.6. The van der Waals surface area contributed by atoms with Crippen LogP contribution in [0.5, 0.6) is 0 Å². The third-order valence-electron chi connectivity index (χ3n) is 7.85. The molecule has 7 nitrogen and oxygen atoms in total. The van der Waals surface area contributed by atoms with E-state index in [9.17, 15) is 9.59 Å². The highest BCUT2D eigenvalue weighted by Gasteiger charge is 2.64. The predicted octanol–water partition coefficient (Wildman–Crippen LogP) is 4.21. The number of rotatable bonds is 8. The third kappa shape index (κ3) is 4.59. The molecule has 0 spiro atoms. The molecule has 1 saturated carbocycles. The van der Waals surface area contributed by atoms with Crippen molar-refractivity contribution in [3.8, 4) is 0 Å². The fourth-order valence-electron chi connectivity index (χ4n) is 5.93. The summed E-state index contributed by atoms with van der Waals surface area (Å²) in [6, 6.07) is 20.1. The van der Waals surface area contributed by atoms with Crippen LogP contribution in [0, 0.1) is 24.7 Å². The largest absolute Gasteiger partial charge is 0.374 e. The maximum absolute atomic E-state index is 12.9. The lowest BCUT2D eigenvalue weighted by molar-refractivity contribution is -0.188. The molecule has 1 aliphatic carbocycles. The van der Waals surface area contributed by atoms with Crippen molar-refractivity contribution in [1.82, 2.24) is 9.55 Å². The standard InChI is InChI=1S/C29H34N2O5/c1-19-14-21(3)29(18-34-16-22-10-6-4-7-11-22)25(35-17-23-12-8-5-9-13-23)24(19)27(36-29)31-15-20(2)26(32)30-28(31)33/h4-13,15,19,21,24-25,27H,14,16-18H2,1-3H3,(H,30,32,33)/t19-,21+,24-,25+,27-,29+/m1/s1. The molecule has 36 heavy (non-hydrogen) atoms. The summed E-state index contributed by atoms with van der Waals surface area (Å²) >= 11 is 0. The molecule has 190 valence electrons. The number of nitrogens with zero attached hydrogens (tertiary/aromatic N) is 1. The minimum Gasteiger partial charge on any atom is -0.374 e. The number of ether oxygens (including phenoxy) is 3. The van der Waals surface area contributed by atoms with Gasteiger partial charge in [0, 0.05) is 17.7 Å². The van der Waals surface area contributed by atoms with Crippen molar-refractivity contribution in [2.24, 2.45) is 17.8 Å². The van der Waals surface area contributed by atoms with E-state index in [2.05, 4.69) is 18.8 Å². The fraction of sp³-hybridized carbons (Fsp3) is 0.448. The molecule has 2 aliphatic rings. The summed E-state index contributed by atoms with van der Waals surface area (Å²) in [6.07, 6.45) is 1.69. The first kappa shape index (κ1) is 24.7. The predicted molar refractivity (Wildman–Crippen MR) is 136 cm³/mol. The number of hydrogen-bond donors (Lipinski definition) is 1. The second-order valence-corrected chi connectivity index (χ2v) is 10.3. The van der Waals surface area contributed by atoms with Crippen LogP contribution in [0.25, 0.3) is 0 Å². The maximum Gasteiger partial charge on any atom is 0.330 e. The Balaban J connectivity index is 1.49. The molecule has 0 unspecified atom stereocenters. The van der Waals surface area contributed by atoms with Crippen LogP contribution < -0.4 is 11.2 Å². The summed E-state index contributed by atoms with van der Waals surface area (Å²) < 4.78 is 21.3. The molecule has 2 heterocycles. The van der Waals surface area contributed by atoms with Crippen LogP contribution in [0.3, 0.4) is 0 Å². The van der Waals surface area contributed by atoms with Crippen molar-refractivity contribution < 1.29 is 14.2 Å². The Morgan fingerprint density at radius 3 is 2.31 bits per heavy atom. The molecule has 0 amide bonds. The molecule has 2 bridgehead atoms. The van der Waals surface area contributed by atoms with Crippen LogP contribution in [0.1, 0.15) is 43.2 Å². The zero-order valence-corrected chi connectivity index (χ0v) is 21.1. The topological polar surface area (TPSA) is 82.6 Å². The van der Waals surface area contributed by atoms with Gasteiger partial charge in [-0.2, -0.15) is 0 Å². The van der Waals surface area contributed by atoms with E-state index in [1.165, 1.54) is 4.57 Å². The molecule has 5 rings (SSSR count). The molecule has 6 atom stereocenters. The van der Waals surface area contributed by atoms with Gasteiger partial charge in [-0.1, -0.05) is 74.5 Å². The van der Waals surface area contributed by atoms with Crippen LogP contribution in [-0.2, 0) is 27.4 Å². The van der Waals surface area contributed by atoms with E-state index in [0.717, 1.165) is 17.5 Å². The number of fused-ring (bicyclic) bond motifs is 2. The lowest BCUT2D eigenvalue weighted by Gasteiger charge is -2.45. The average Bonchev–Trinajstić information content (AvgIpc) is 3.15. The molecular weight excluding hydrogens is 456 g/mol. The van der Waals surface area contributed by atoms with E-state index >= 15 is 0 Å². The van der Waals surface area contributed by atoms with Gasteiger partial charge in [-0.15, -0.1) is 0 Å². The van der Waals surface area contributed by atoms with E-state index in [4.69, 9.17) is 14.2 Å². The van der Waals surface area contributed by atoms with Crippen molar-refractivity contribution in [3.05, 3.63) is 104 Å². The quantitative estimate of drug-likeness (QED) is 0.512. The van der Waals surface area contributed by atoms with Crippen LogP contribution in [-0.4, -0.2) is 27.9 Å². The number of aryl methyl sites for hydroxylation is 1. The van der Waals surface area contributed by atoms with Crippen molar-refractivity contribution in [3.63, 3.8) is 0 Å². The Hall–Kier alpha value is -3.00. The molecule has 2 fully saturated rings. The van der Waals surface area contributed by atoms with Gasteiger partial charge in [0.2, 0.25) is 0 Å². The Bertz CT molecular complexity index is 1290. The zero-order chi connectivity index (χ0) is 25.3. The SMILES string of the molecule is Cc1cn([C@@H]2O[C@@]3(COCc4ccccc4)[C@@H](C)C[C@@H](C)[C@@H]2[C@@H]3OCc2ccccc2)c(=O)[nH]c1=O. The van der Waals surface area contributed by atoms with Crippen molar-refractivity contribution in [1.29, 1.82) is 0 Å². The van der Waals surface area contributed by atoms with Gasteiger partial charge in [0.15, 0.2) is 0 Å². The Morgan fingerprint density at radius 2 is 1.64 bits per heavy atom. The normalized spacial score (nSPS) is 29.4. The van der Waals surface area contributed by atoms with E-state index in [1.807, 2.05) is 60.7 Å². The molecule has 1 N–H and O–H groups in total.